The number of H-pyrrole nitrogens is 2. The first-order valence-electron chi connectivity index (χ1n) is 18.6. The number of allylic oxidation sites excluding steroid dienone is 1. The van der Waals surface area contributed by atoms with Crippen molar-refractivity contribution < 1.29 is 19.8 Å². The summed E-state index contributed by atoms with van der Waals surface area (Å²) in [6.45, 7) is 16.1. The Hall–Kier alpha value is -4.24. The topological polar surface area (TPSA) is 144 Å². The molecular formula is C41H55N5O4. The highest BCUT2D eigenvalue weighted by Gasteiger charge is 2.32. The normalized spacial score (nSPS) is 16.0. The Kier molecular flexibility index (Phi) is 12.0. The van der Waals surface area contributed by atoms with Gasteiger partial charge < -0.3 is 25.5 Å². The molecule has 5 rings (SSSR count). The zero-order valence-electron chi connectivity index (χ0n) is 31.0. The Bertz CT molecular complexity index is 1950. The predicted octanol–water partition coefficient (Wildman–Crippen LogP) is 9.52. The maximum absolute atomic E-state index is 12.7. The molecule has 268 valence electrons. The van der Waals surface area contributed by atoms with Crippen LogP contribution in [0.2, 0.25) is 0 Å². The van der Waals surface area contributed by atoms with Crippen molar-refractivity contribution in [2.45, 2.75) is 125 Å². The second-order valence-corrected chi connectivity index (χ2v) is 14.2. The van der Waals surface area contributed by atoms with Gasteiger partial charge in [-0.3, -0.25) is 9.78 Å². The van der Waals surface area contributed by atoms with Gasteiger partial charge in [0.2, 0.25) is 0 Å². The number of carboxylic acid groups (broad SMARTS) is 2. The highest BCUT2D eigenvalue weighted by Crippen LogP contribution is 2.42. The molecule has 3 aromatic heterocycles. The number of aromatic amines is 2. The molecule has 0 radical (unpaired) electrons. The third kappa shape index (κ3) is 7.73. The van der Waals surface area contributed by atoms with E-state index in [0.29, 0.717) is 24.0 Å². The number of aryl methyl sites for hydroxylation is 4. The fourth-order valence-corrected chi connectivity index (χ4v) is 7.75. The van der Waals surface area contributed by atoms with Crippen LogP contribution in [0.15, 0.2) is 18.2 Å². The van der Waals surface area contributed by atoms with Crippen molar-refractivity contribution in [2.75, 3.05) is 13.1 Å². The first kappa shape index (κ1) is 37.0. The molecule has 0 aromatic carbocycles. The van der Waals surface area contributed by atoms with Gasteiger partial charge in [0.1, 0.15) is 0 Å². The summed E-state index contributed by atoms with van der Waals surface area (Å²) in [5.74, 6) is -2.14. The van der Waals surface area contributed by atoms with Crippen LogP contribution < -0.4 is 5.32 Å². The number of aliphatic carboxylic acids is 1. The van der Waals surface area contributed by atoms with E-state index in [4.69, 9.17) is 9.97 Å². The summed E-state index contributed by atoms with van der Waals surface area (Å²) in [6.07, 6.45) is 10.1. The van der Waals surface area contributed by atoms with Gasteiger partial charge in [0.15, 0.2) is 0 Å². The van der Waals surface area contributed by atoms with Crippen LogP contribution in [-0.4, -0.2) is 55.2 Å². The summed E-state index contributed by atoms with van der Waals surface area (Å²) < 4.78 is 0. The Morgan fingerprint density at radius 3 is 2.20 bits per heavy atom. The SMILES string of the molecule is CCCCCCCCCNCC1=C(C)c2cc3nc(c(C)c4[nH]c(cc5[nH]c(cc1n2)c(C)c5CC)c(C)c4C(=O)O)[C@@H](CCC(=O)O)[C@@H]3C. The number of aromatic nitrogens is 4. The van der Waals surface area contributed by atoms with Crippen LogP contribution in [0.3, 0.4) is 0 Å². The van der Waals surface area contributed by atoms with E-state index in [0.717, 1.165) is 81.0 Å². The van der Waals surface area contributed by atoms with Gasteiger partial charge in [-0.2, -0.15) is 0 Å². The number of fused-ring (bicyclic) bond motifs is 8. The van der Waals surface area contributed by atoms with E-state index in [9.17, 15) is 19.8 Å². The molecule has 0 spiro atoms. The highest BCUT2D eigenvalue weighted by atomic mass is 16.4. The van der Waals surface area contributed by atoms with Crippen molar-refractivity contribution in [1.29, 1.82) is 0 Å². The van der Waals surface area contributed by atoms with Crippen LogP contribution in [0.4, 0.5) is 0 Å². The van der Waals surface area contributed by atoms with Crippen molar-refractivity contribution in [3.8, 4) is 0 Å². The summed E-state index contributed by atoms with van der Waals surface area (Å²) in [7, 11) is 0. The maximum Gasteiger partial charge on any atom is 0.338 e. The Morgan fingerprint density at radius 2 is 1.52 bits per heavy atom. The van der Waals surface area contributed by atoms with Crippen molar-refractivity contribution in [2.24, 2.45) is 0 Å². The molecule has 0 amide bonds. The van der Waals surface area contributed by atoms with Gasteiger partial charge in [0.25, 0.3) is 0 Å². The molecule has 0 saturated carbocycles. The minimum Gasteiger partial charge on any atom is -0.481 e. The average molecular weight is 682 g/mol. The third-order valence-electron chi connectivity index (χ3n) is 10.9. The van der Waals surface area contributed by atoms with Gasteiger partial charge >= 0.3 is 11.9 Å². The summed E-state index contributed by atoms with van der Waals surface area (Å²) in [4.78, 5) is 41.9. The molecule has 9 heteroatoms. The number of nitrogens with one attached hydrogen (secondary N) is 3. The molecule has 2 aliphatic heterocycles. The number of carbonyl (C=O) groups is 2. The molecule has 5 heterocycles. The van der Waals surface area contributed by atoms with Gasteiger partial charge in [-0.15, -0.1) is 0 Å². The van der Waals surface area contributed by atoms with Gasteiger partial charge in [-0.05, 0) is 105 Å². The van der Waals surface area contributed by atoms with Crippen molar-refractivity contribution in [3.05, 3.63) is 68.8 Å². The van der Waals surface area contributed by atoms with E-state index in [2.05, 4.69) is 62.0 Å². The van der Waals surface area contributed by atoms with Crippen LogP contribution in [0.5, 0.6) is 0 Å². The Labute approximate surface area is 296 Å². The van der Waals surface area contributed by atoms with Crippen LogP contribution in [0, 0.1) is 20.8 Å². The fourth-order valence-electron chi connectivity index (χ4n) is 7.75. The lowest BCUT2D eigenvalue weighted by atomic mass is 9.85. The van der Waals surface area contributed by atoms with E-state index in [1.807, 2.05) is 19.9 Å². The van der Waals surface area contributed by atoms with Crippen molar-refractivity contribution >= 4 is 45.2 Å². The molecule has 0 aliphatic carbocycles. The predicted molar refractivity (Wildman–Crippen MR) is 203 cm³/mol. The summed E-state index contributed by atoms with van der Waals surface area (Å²) in [6, 6.07) is 6.21. The second kappa shape index (κ2) is 16.2. The minimum absolute atomic E-state index is 0.00143. The van der Waals surface area contributed by atoms with E-state index in [-0.39, 0.29) is 23.8 Å². The lowest BCUT2D eigenvalue weighted by molar-refractivity contribution is -0.137. The first-order chi connectivity index (χ1) is 24.0. The van der Waals surface area contributed by atoms with Crippen LogP contribution >= 0.6 is 0 Å². The third-order valence-corrected chi connectivity index (χ3v) is 10.9. The fraction of sp³-hybridized carbons (Fsp3) is 0.512. The second-order valence-electron chi connectivity index (χ2n) is 14.2. The lowest BCUT2D eigenvalue weighted by Gasteiger charge is -2.16. The average Bonchev–Trinajstić information content (AvgIpc) is 3.76. The van der Waals surface area contributed by atoms with Crippen molar-refractivity contribution in [3.63, 3.8) is 0 Å². The number of carboxylic acids is 2. The van der Waals surface area contributed by atoms with Gasteiger partial charge in [0, 0.05) is 52.7 Å². The number of unbranched alkanes of at least 4 members (excludes halogenated alkanes) is 6. The van der Waals surface area contributed by atoms with Gasteiger partial charge in [-0.1, -0.05) is 59.3 Å². The molecule has 2 aliphatic rings. The summed E-state index contributed by atoms with van der Waals surface area (Å²) in [5, 5.41) is 23.7. The molecule has 3 aromatic rings. The number of rotatable bonds is 15. The number of hydrogen-bond donors (Lipinski definition) is 5. The number of aromatic carboxylic acids is 1. The lowest BCUT2D eigenvalue weighted by Crippen LogP contribution is -2.18. The maximum atomic E-state index is 12.7. The van der Waals surface area contributed by atoms with Gasteiger partial charge in [-0.25, -0.2) is 9.78 Å². The Balaban J connectivity index is 1.69. The van der Waals surface area contributed by atoms with Crippen LogP contribution in [0.25, 0.3) is 33.2 Å². The van der Waals surface area contributed by atoms with Crippen molar-refractivity contribution in [1.82, 2.24) is 25.3 Å². The van der Waals surface area contributed by atoms with Crippen LogP contribution in [-0.2, 0) is 11.2 Å². The standard InChI is InChI=1S/C41H55N5O4/c1-8-10-11-12-13-14-15-18-42-22-30-25(5)31-19-33-24(4)29(16-17-37(47)48)39(45-33)27(7)40-38(41(49)50)26(6)34(46-40)21-35-28(9-2)23(3)32(43-35)20-36(30)44-31/h19-21,24,29,42-43,46H,8-18,22H2,1-7H3,(H,47,48)(H,49,50)/t24-,29-/m0/s1. The van der Waals surface area contributed by atoms with E-state index in [1.165, 1.54) is 44.1 Å². The molecule has 0 saturated heterocycles. The summed E-state index contributed by atoms with van der Waals surface area (Å²) >= 11 is 0. The largest absolute Gasteiger partial charge is 0.481 e. The monoisotopic (exact) mass is 681 g/mol. The molecule has 0 fully saturated rings. The highest BCUT2D eigenvalue weighted by molar-refractivity contribution is 6.02. The quantitative estimate of drug-likeness (QED) is 0.101. The molecule has 0 unspecified atom stereocenters. The molecule has 2 atom stereocenters. The van der Waals surface area contributed by atoms with E-state index in [1.54, 1.807) is 0 Å². The molecule has 8 bridgehead atoms. The zero-order chi connectivity index (χ0) is 36.1. The number of hydrogen-bond acceptors (Lipinski definition) is 5. The van der Waals surface area contributed by atoms with E-state index < -0.39 is 11.9 Å². The molecule has 9 nitrogen and oxygen atoms in total. The zero-order valence-corrected chi connectivity index (χ0v) is 31.0. The molecule has 5 N–H and O–H groups in total. The smallest absolute Gasteiger partial charge is 0.338 e. The van der Waals surface area contributed by atoms with E-state index >= 15 is 0 Å². The molecular weight excluding hydrogens is 626 g/mol. The molecule has 50 heavy (non-hydrogen) atoms. The minimum atomic E-state index is -1.01. The van der Waals surface area contributed by atoms with Gasteiger partial charge in [0.05, 0.1) is 22.5 Å². The van der Waals surface area contributed by atoms with Crippen LogP contribution in [0.1, 0.15) is 153 Å². The number of nitrogens with zero attached hydrogens (tertiary/aromatic N) is 2. The Morgan fingerprint density at radius 1 is 0.820 bits per heavy atom. The summed E-state index contributed by atoms with van der Waals surface area (Å²) in [5.41, 5.74) is 12.6. The first-order valence-corrected chi connectivity index (χ1v) is 18.6.